The summed E-state index contributed by atoms with van der Waals surface area (Å²) in [6, 6.07) is 21.8. The number of ether oxygens (including phenoxy) is 1. The van der Waals surface area contributed by atoms with E-state index in [9.17, 15) is 13.6 Å². The number of aromatic nitrogens is 3. The van der Waals surface area contributed by atoms with Crippen molar-refractivity contribution in [3.63, 3.8) is 0 Å². The van der Waals surface area contributed by atoms with Gasteiger partial charge in [-0.05, 0) is 41.0 Å². The summed E-state index contributed by atoms with van der Waals surface area (Å²) in [6.45, 7) is 0. The molecule has 5 rings (SSSR count). The molecule has 1 N–H and O–H groups in total. The van der Waals surface area contributed by atoms with Crippen LogP contribution >= 0.6 is 0 Å². The second-order valence-electron chi connectivity index (χ2n) is 7.87. The highest BCUT2D eigenvalue weighted by molar-refractivity contribution is 5.87. The number of halogens is 2. The highest BCUT2D eigenvalue weighted by atomic mass is 19.1. The molecule has 0 spiro atoms. The Bertz CT molecular complexity index is 1480. The van der Waals surface area contributed by atoms with Crippen LogP contribution in [0.4, 0.5) is 8.78 Å². The minimum atomic E-state index is -0.561. The second kappa shape index (κ2) is 9.23. The third-order valence-corrected chi connectivity index (χ3v) is 5.39. The highest BCUT2D eigenvalue weighted by Gasteiger charge is 2.14. The standard InChI is InChI=1S/C27H19F2N3O2/c28-20-8-4-5-17(11-20)12-21(33)13-19-9-10-22(14-24(19)29)34-27-23-15-25(18-6-2-1-3-7-18)32-26(23)30-16-31-27/h1-11,14-16H,12-13H2,(H,30,31,32). The van der Waals surface area contributed by atoms with Crippen LogP contribution in [0.2, 0.25) is 0 Å². The molecule has 0 atom stereocenters. The number of H-pyrrole nitrogens is 1. The Morgan fingerprint density at radius 1 is 0.882 bits per heavy atom. The average Bonchev–Trinajstić information content (AvgIpc) is 3.27. The van der Waals surface area contributed by atoms with E-state index in [2.05, 4.69) is 15.0 Å². The van der Waals surface area contributed by atoms with Crippen LogP contribution in [0.25, 0.3) is 22.3 Å². The van der Waals surface area contributed by atoms with Crippen molar-refractivity contribution in [2.24, 2.45) is 0 Å². The van der Waals surface area contributed by atoms with Gasteiger partial charge < -0.3 is 9.72 Å². The number of nitrogens with zero attached hydrogens (tertiary/aromatic N) is 2. The largest absolute Gasteiger partial charge is 0.438 e. The van der Waals surface area contributed by atoms with Crippen molar-refractivity contribution >= 4 is 16.8 Å². The Labute approximate surface area is 194 Å². The number of rotatable bonds is 7. The average molecular weight is 455 g/mol. The summed E-state index contributed by atoms with van der Waals surface area (Å²) in [5.74, 6) is -0.639. The van der Waals surface area contributed by atoms with Crippen molar-refractivity contribution in [3.05, 3.63) is 108 Å². The van der Waals surface area contributed by atoms with Crippen molar-refractivity contribution in [1.29, 1.82) is 0 Å². The van der Waals surface area contributed by atoms with Crippen LogP contribution < -0.4 is 4.74 Å². The van der Waals surface area contributed by atoms with Crippen molar-refractivity contribution in [1.82, 2.24) is 15.0 Å². The molecule has 2 aromatic heterocycles. The van der Waals surface area contributed by atoms with E-state index in [0.29, 0.717) is 16.6 Å². The van der Waals surface area contributed by atoms with E-state index in [0.717, 1.165) is 11.3 Å². The first-order valence-electron chi connectivity index (χ1n) is 10.7. The van der Waals surface area contributed by atoms with Crippen LogP contribution in [0.1, 0.15) is 11.1 Å². The number of hydrogen-bond donors (Lipinski definition) is 1. The molecule has 7 heteroatoms. The van der Waals surface area contributed by atoms with Crippen molar-refractivity contribution in [2.75, 3.05) is 0 Å². The van der Waals surface area contributed by atoms with Crippen LogP contribution in [0.5, 0.6) is 11.6 Å². The second-order valence-corrected chi connectivity index (χ2v) is 7.87. The van der Waals surface area contributed by atoms with E-state index in [1.54, 1.807) is 18.2 Å². The molecule has 0 amide bonds. The van der Waals surface area contributed by atoms with E-state index in [1.807, 2.05) is 36.4 Å². The van der Waals surface area contributed by atoms with Gasteiger partial charge in [-0.15, -0.1) is 0 Å². The molecule has 2 heterocycles. The topological polar surface area (TPSA) is 67.9 Å². The van der Waals surface area contributed by atoms with Gasteiger partial charge in [0.15, 0.2) is 0 Å². The molecular formula is C27H19F2N3O2. The molecule has 0 fully saturated rings. The number of carbonyl (C=O) groups excluding carboxylic acids is 1. The first-order valence-corrected chi connectivity index (χ1v) is 10.7. The quantitative estimate of drug-likeness (QED) is 0.324. The Morgan fingerprint density at radius 3 is 2.53 bits per heavy atom. The summed E-state index contributed by atoms with van der Waals surface area (Å²) < 4.78 is 33.9. The SMILES string of the molecule is O=C(Cc1cccc(F)c1)Cc1ccc(Oc2ncnc3[nH]c(-c4ccccc4)cc23)cc1F. The molecule has 0 aliphatic heterocycles. The predicted molar refractivity (Wildman–Crippen MR) is 125 cm³/mol. The zero-order chi connectivity index (χ0) is 23.5. The van der Waals surface area contributed by atoms with Gasteiger partial charge in [0.05, 0.1) is 5.39 Å². The van der Waals surface area contributed by atoms with E-state index in [1.165, 1.54) is 30.6 Å². The minimum absolute atomic E-state index is 0.0333. The van der Waals surface area contributed by atoms with E-state index >= 15 is 0 Å². The molecule has 34 heavy (non-hydrogen) atoms. The number of carbonyl (C=O) groups is 1. The fourth-order valence-electron chi connectivity index (χ4n) is 3.77. The lowest BCUT2D eigenvalue weighted by Gasteiger charge is -2.08. The van der Waals surface area contributed by atoms with Gasteiger partial charge in [0.25, 0.3) is 0 Å². The molecule has 0 saturated carbocycles. The third kappa shape index (κ3) is 4.68. The maximum Gasteiger partial charge on any atom is 0.231 e. The van der Waals surface area contributed by atoms with Crippen molar-refractivity contribution in [3.8, 4) is 22.9 Å². The number of hydrogen-bond acceptors (Lipinski definition) is 4. The van der Waals surface area contributed by atoms with Crippen LogP contribution in [0, 0.1) is 11.6 Å². The molecule has 5 nitrogen and oxygen atoms in total. The van der Waals surface area contributed by atoms with Gasteiger partial charge in [-0.3, -0.25) is 4.79 Å². The number of fused-ring (bicyclic) bond motifs is 1. The summed E-state index contributed by atoms with van der Waals surface area (Å²) in [5, 5.41) is 0.663. The Kier molecular flexibility index (Phi) is 5.82. The minimum Gasteiger partial charge on any atom is -0.438 e. The fraction of sp³-hybridized carbons (Fsp3) is 0.0741. The third-order valence-electron chi connectivity index (χ3n) is 5.39. The number of ketones is 1. The molecule has 0 saturated heterocycles. The van der Waals surface area contributed by atoms with E-state index in [-0.39, 0.29) is 35.8 Å². The number of nitrogens with one attached hydrogen (secondary N) is 1. The van der Waals surface area contributed by atoms with Crippen LogP contribution in [-0.2, 0) is 17.6 Å². The summed E-state index contributed by atoms with van der Waals surface area (Å²) in [7, 11) is 0. The van der Waals surface area contributed by atoms with Crippen molar-refractivity contribution in [2.45, 2.75) is 12.8 Å². The smallest absolute Gasteiger partial charge is 0.231 e. The Hall–Kier alpha value is -4.39. The molecule has 0 unspecified atom stereocenters. The van der Waals surface area contributed by atoms with Crippen molar-refractivity contribution < 1.29 is 18.3 Å². The lowest BCUT2D eigenvalue weighted by atomic mass is 10.0. The van der Waals surface area contributed by atoms with E-state index in [4.69, 9.17) is 4.74 Å². The highest BCUT2D eigenvalue weighted by Crippen LogP contribution is 2.31. The number of aromatic amines is 1. The summed E-state index contributed by atoms with van der Waals surface area (Å²) in [4.78, 5) is 24.0. The maximum absolute atomic E-state index is 14.7. The number of Topliss-reactive ketones (excluding diaryl/α,β-unsaturated/α-hetero) is 1. The van der Waals surface area contributed by atoms with Gasteiger partial charge in [0.2, 0.25) is 5.88 Å². The first-order chi connectivity index (χ1) is 16.5. The monoisotopic (exact) mass is 455 g/mol. The van der Waals surface area contributed by atoms with Gasteiger partial charge in [0.1, 0.15) is 35.1 Å². The molecule has 5 aromatic rings. The van der Waals surface area contributed by atoms with Crippen LogP contribution in [-0.4, -0.2) is 20.7 Å². The maximum atomic E-state index is 14.7. The Balaban J connectivity index is 1.33. The van der Waals surface area contributed by atoms with Gasteiger partial charge in [-0.1, -0.05) is 48.5 Å². The lowest BCUT2D eigenvalue weighted by Crippen LogP contribution is -2.08. The van der Waals surface area contributed by atoms with Gasteiger partial charge in [0, 0.05) is 24.6 Å². The number of benzene rings is 3. The van der Waals surface area contributed by atoms with E-state index < -0.39 is 11.6 Å². The summed E-state index contributed by atoms with van der Waals surface area (Å²) in [6.07, 6.45) is 1.31. The lowest BCUT2D eigenvalue weighted by molar-refractivity contribution is -0.117. The zero-order valence-corrected chi connectivity index (χ0v) is 18.0. The predicted octanol–water partition coefficient (Wildman–Crippen LogP) is 6.05. The summed E-state index contributed by atoms with van der Waals surface area (Å²) >= 11 is 0. The molecule has 0 radical (unpaired) electrons. The van der Waals surface area contributed by atoms with Crippen LogP contribution in [0.3, 0.4) is 0 Å². The Morgan fingerprint density at radius 2 is 1.74 bits per heavy atom. The summed E-state index contributed by atoms with van der Waals surface area (Å²) in [5.41, 5.74) is 3.25. The van der Waals surface area contributed by atoms with Gasteiger partial charge >= 0.3 is 0 Å². The molecule has 168 valence electrons. The molecular weight excluding hydrogens is 436 g/mol. The first kappa shape index (κ1) is 21.5. The molecule has 0 aliphatic carbocycles. The molecule has 0 aliphatic rings. The molecule has 0 bridgehead atoms. The fourth-order valence-corrected chi connectivity index (χ4v) is 3.77. The molecule has 3 aromatic carbocycles. The van der Waals surface area contributed by atoms with Gasteiger partial charge in [-0.25, -0.2) is 18.7 Å². The van der Waals surface area contributed by atoms with Crippen LogP contribution in [0.15, 0.2) is 85.2 Å². The normalized spacial score (nSPS) is 11.0. The van der Waals surface area contributed by atoms with Gasteiger partial charge in [-0.2, -0.15) is 0 Å². The zero-order valence-electron chi connectivity index (χ0n) is 18.0.